The van der Waals surface area contributed by atoms with Crippen molar-refractivity contribution in [3.63, 3.8) is 0 Å². The molecule has 0 aromatic rings. The SMILES string of the molecule is C/C(=C\O[C@@H]1O[C@H](CO)[C@@H](O)[C@H](O[C@@H]2O[C@@H](C)[C@H](O)[C@@H](O)[C@H]2O)[C@H]1O[C@@H]1O[C@@H](C)[C@@H](O)[C@@H](O)[C@H]1O)CC/C=C(\C)CCCC(C)CO[C@@H]1O[C@H](CO)[C@@H](O)[C@H](O[C@@H]2O[C@@H](C)[C@@H](O)[C@@H](O)[C@H]2O)[C@H]1O[C@@H]1O[C@@H](C)[C@@H](O)[C@@H](O)[C@H]1O. The molecule has 1 unspecified atom stereocenters. The number of ether oxygens (including phenoxy) is 12. The van der Waals surface area contributed by atoms with Gasteiger partial charge in [-0.3, -0.25) is 0 Å². The fourth-order valence-corrected chi connectivity index (χ4v) is 10.0. The van der Waals surface area contributed by atoms with E-state index in [1.807, 2.05) is 19.9 Å². The van der Waals surface area contributed by atoms with E-state index in [9.17, 15) is 81.7 Å². The van der Waals surface area contributed by atoms with Crippen molar-refractivity contribution in [3.8, 4) is 0 Å². The third kappa shape index (κ3) is 15.5. The molecule has 28 nitrogen and oxygen atoms in total. The number of aliphatic hydroxyl groups is 16. The average molecular weight is 1140 g/mol. The molecule has 0 bridgehead atoms. The maximum absolute atomic E-state index is 11.4. The summed E-state index contributed by atoms with van der Waals surface area (Å²) in [4.78, 5) is 0. The van der Waals surface area contributed by atoms with Gasteiger partial charge in [0.15, 0.2) is 37.6 Å². The normalized spacial score (nSPS) is 48.4. The van der Waals surface area contributed by atoms with Crippen LogP contribution in [0.1, 0.15) is 80.6 Å². The minimum Gasteiger partial charge on any atom is -0.470 e. The van der Waals surface area contributed by atoms with Crippen molar-refractivity contribution >= 4 is 0 Å². The highest BCUT2D eigenvalue weighted by atomic mass is 16.8. The van der Waals surface area contributed by atoms with Crippen LogP contribution < -0.4 is 0 Å². The Hall–Kier alpha value is -1.80. The summed E-state index contributed by atoms with van der Waals surface area (Å²) in [6, 6.07) is 0. The third-order valence-electron chi connectivity index (χ3n) is 15.2. The average Bonchev–Trinajstić information content (AvgIpc) is 3.46. The van der Waals surface area contributed by atoms with E-state index in [2.05, 4.69) is 0 Å². The van der Waals surface area contributed by atoms with E-state index in [0.29, 0.717) is 37.7 Å². The van der Waals surface area contributed by atoms with Crippen LogP contribution in [0, 0.1) is 5.92 Å². The van der Waals surface area contributed by atoms with Gasteiger partial charge in [-0.2, -0.15) is 0 Å². The molecule has 6 saturated heterocycles. The van der Waals surface area contributed by atoms with Crippen molar-refractivity contribution in [3.05, 3.63) is 23.5 Å². The zero-order chi connectivity index (χ0) is 57.6. The first kappa shape index (κ1) is 65.4. The lowest BCUT2D eigenvalue weighted by atomic mass is 9.96. The van der Waals surface area contributed by atoms with Crippen LogP contribution in [0.25, 0.3) is 0 Å². The molecule has 454 valence electrons. The molecule has 6 heterocycles. The number of hydrogen-bond acceptors (Lipinski definition) is 28. The van der Waals surface area contributed by atoms with E-state index in [0.717, 1.165) is 5.57 Å². The van der Waals surface area contributed by atoms with Gasteiger partial charge < -0.3 is 139 Å². The summed E-state index contributed by atoms with van der Waals surface area (Å²) in [5, 5.41) is 170. The lowest BCUT2D eigenvalue weighted by Gasteiger charge is -2.48. The Labute approximate surface area is 451 Å². The smallest absolute Gasteiger partial charge is 0.228 e. The summed E-state index contributed by atoms with van der Waals surface area (Å²) in [5.41, 5.74) is 1.76. The second-order valence-electron chi connectivity index (χ2n) is 21.6. The highest BCUT2D eigenvalue weighted by Gasteiger charge is 2.56. The predicted molar refractivity (Wildman–Crippen MR) is 259 cm³/mol. The van der Waals surface area contributed by atoms with Crippen LogP contribution in [0.3, 0.4) is 0 Å². The minimum absolute atomic E-state index is 0.0390. The van der Waals surface area contributed by atoms with Gasteiger partial charge in [0.1, 0.15) is 116 Å². The van der Waals surface area contributed by atoms with E-state index in [1.54, 1.807) is 6.92 Å². The first-order valence-corrected chi connectivity index (χ1v) is 26.7. The highest BCUT2D eigenvalue weighted by molar-refractivity contribution is 5.04. The second-order valence-corrected chi connectivity index (χ2v) is 21.6. The predicted octanol–water partition coefficient (Wildman–Crippen LogP) is -5.54. The molecule has 0 saturated carbocycles. The van der Waals surface area contributed by atoms with E-state index in [1.165, 1.54) is 34.0 Å². The molecule has 0 spiro atoms. The van der Waals surface area contributed by atoms with Gasteiger partial charge in [-0.1, -0.05) is 18.6 Å². The molecule has 16 N–H and O–H groups in total. The van der Waals surface area contributed by atoms with Crippen molar-refractivity contribution < 1.29 is 139 Å². The van der Waals surface area contributed by atoms with E-state index < -0.39 is 197 Å². The monoisotopic (exact) mass is 1130 g/mol. The molecule has 6 aliphatic heterocycles. The summed E-state index contributed by atoms with van der Waals surface area (Å²) in [7, 11) is 0. The zero-order valence-corrected chi connectivity index (χ0v) is 44.8. The van der Waals surface area contributed by atoms with Crippen molar-refractivity contribution in [1.29, 1.82) is 0 Å². The first-order chi connectivity index (χ1) is 36.8. The minimum atomic E-state index is -1.81. The molecule has 0 radical (unpaired) electrons. The largest absolute Gasteiger partial charge is 0.470 e. The number of allylic oxidation sites excluding steroid dienone is 3. The third-order valence-corrected chi connectivity index (χ3v) is 15.2. The molecular formula is C50H86O28. The van der Waals surface area contributed by atoms with Crippen LogP contribution in [0.4, 0.5) is 0 Å². The van der Waals surface area contributed by atoms with Crippen LogP contribution in [0.15, 0.2) is 23.5 Å². The maximum Gasteiger partial charge on any atom is 0.228 e. The van der Waals surface area contributed by atoms with Gasteiger partial charge >= 0.3 is 0 Å². The fourth-order valence-electron chi connectivity index (χ4n) is 10.0. The van der Waals surface area contributed by atoms with Crippen molar-refractivity contribution in [2.45, 2.75) is 265 Å². The van der Waals surface area contributed by atoms with Gasteiger partial charge in [-0.05, 0) is 85.1 Å². The Morgan fingerprint density at radius 1 is 0.423 bits per heavy atom. The molecule has 6 rings (SSSR count). The number of aliphatic hydroxyl groups excluding tert-OH is 16. The Balaban J connectivity index is 1.06. The Morgan fingerprint density at radius 3 is 1.17 bits per heavy atom. The molecule has 0 aliphatic carbocycles. The molecule has 6 aliphatic rings. The van der Waals surface area contributed by atoms with Gasteiger partial charge in [-0.15, -0.1) is 0 Å². The molecule has 6 fully saturated rings. The summed E-state index contributed by atoms with van der Waals surface area (Å²) in [6.45, 7) is 9.93. The van der Waals surface area contributed by atoms with Gasteiger partial charge in [0, 0.05) is 0 Å². The van der Waals surface area contributed by atoms with Crippen LogP contribution in [0.5, 0.6) is 0 Å². The van der Waals surface area contributed by atoms with Crippen molar-refractivity contribution in [2.24, 2.45) is 5.92 Å². The van der Waals surface area contributed by atoms with Crippen molar-refractivity contribution in [2.75, 3.05) is 19.8 Å². The molecule has 31 atom stereocenters. The molecule has 0 aromatic heterocycles. The quantitative estimate of drug-likeness (QED) is 0.0355. The molecule has 0 aromatic carbocycles. The summed E-state index contributed by atoms with van der Waals surface area (Å²) >= 11 is 0. The highest BCUT2D eigenvalue weighted by Crippen LogP contribution is 2.37. The van der Waals surface area contributed by atoms with Crippen LogP contribution in [0.2, 0.25) is 0 Å². The van der Waals surface area contributed by atoms with Gasteiger partial charge in [0.05, 0.1) is 50.5 Å². The fraction of sp³-hybridized carbons (Fsp3) is 0.920. The second kappa shape index (κ2) is 29.1. The maximum atomic E-state index is 11.4. The molecular weight excluding hydrogens is 1050 g/mol. The van der Waals surface area contributed by atoms with Crippen molar-refractivity contribution in [1.82, 2.24) is 0 Å². The number of rotatable bonds is 22. The Morgan fingerprint density at radius 2 is 0.782 bits per heavy atom. The van der Waals surface area contributed by atoms with E-state index >= 15 is 0 Å². The van der Waals surface area contributed by atoms with E-state index in [4.69, 9.17) is 56.8 Å². The zero-order valence-electron chi connectivity index (χ0n) is 44.8. The van der Waals surface area contributed by atoms with Gasteiger partial charge in [0.25, 0.3) is 0 Å². The van der Waals surface area contributed by atoms with Crippen LogP contribution in [-0.2, 0) is 56.8 Å². The first-order valence-electron chi connectivity index (χ1n) is 26.7. The van der Waals surface area contributed by atoms with Crippen LogP contribution in [-0.4, -0.2) is 286 Å². The standard InChI is InChI=1S/C50H86O28/c1-18(10-8-12-19(2)16-67-49-43(77-47-39(65)35(61)29(55)23(6)71-47)41(31(57)25(14-51)73-49)75-45-37(63)33(59)27(53)21(4)69-45)11-9-13-20(3)17-68-50-44(78-48-40(66)36(62)30(56)24(7)72-48)42(32(58)26(15-52)74-50)76-46-38(64)34(60)28(54)22(5)70-46/h10,16,20-66H,8-9,11-15,17H2,1-7H3/b18-10+,19-16+/t20?,21-,22-,23-,24-,25+,26+,27-,28+,29+,30+,31+,32+,33+,34+,35+,36+,37+,38+,39+,40+,41-,42-,43+,44+,45-,46-,47-,48-,49+,50+/m0/s1. The Bertz CT molecular complexity index is 1870. The van der Waals surface area contributed by atoms with Crippen LogP contribution >= 0.6 is 0 Å². The van der Waals surface area contributed by atoms with E-state index in [-0.39, 0.29) is 12.5 Å². The summed E-state index contributed by atoms with van der Waals surface area (Å²) < 4.78 is 70.9. The summed E-state index contributed by atoms with van der Waals surface area (Å²) in [6.07, 6.45) is -39.4. The van der Waals surface area contributed by atoms with Gasteiger partial charge in [0.2, 0.25) is 6.29 Å². The topological polar surface area (TPSA) is 434 Å². The molecule has 78 heavy (non-hydrogen) atoms. The lowest BCUT2D eigenvalue weighted by Crippen LogP contribution is -2.66. The molecule has 28 heteroatoms. The lowest BCUT2D eigenvalue weighted by molar-refractivity contribution is -0.390. The number of hydrogen-bond donors (Lipinski definition) is 16. The Kier molecular flexibility index (Phi) is 24.4. The van der Waals surface area contributed by atoms with Gasteiger partial charge in [-0.25, -0.2) is 0 Å². The molecule has 0 amide bonds. The summed E-state index contributed by atoms with van der Waals surface area (Å²) in [5.74, 6) is -0.125.